The van der Waals surface area contributed by atoms with Gasteiger partial charge in [-0.25, -0.2) is 5.01 Å². The number of aryl methyl sites for hydroxylation is 1. The van der Waals surface area contributed by atoms with E-state index >= 15 is 0 Å². The second-order valence-corrected chi connectivity index (χ2v) is 6.19. The molecule has 3 rings (SSSR count). The highest BCUT2D eigenvalue weighted by molar-refractivity contribution is 6.40. The van der Waals surface area contributed by atoms with E-state index in [-0.39, 0.29) is 24.3 Å². The molecule has 2 heterocycles. The molecule has 25 heavy (non-hydrogen) atoms. The fraction of sp³-hybridized carbons (Fsp3) is 0.333. The van der Waals surface area contributed by atoms with Crippen LogP contribution in [0.4, 0.5) is 5.69 Å². The number of nitrogens with one attached hydrogen (secondary N) is 1. The minimum absolute atomic E-state index is 0.0971. The lowest BCUT2D eigenvalue weighted by Crippen LogP contribution is -2.43. The standard InChI is InChI=1S/C18H21N5O2/c1-13-5-3-6-15(11-13)23-17(24)8-7-16(21-23)18(25)20-14(2)12-22-10-4-9-19-22/h3-6,9-11,14H,7-8,12H2,1-2H3,(H,20,25)/t14-/m1/s1. The highest BCUT2D eigenvalue weighted by Gasteiger charge is 2.26. The van der Waals surface area contributed by atoms with Gasteiger partial charge < -0.3 is 5.32 Å². The molecule has 2 amide bonds. The van der Waals surface area contributed by atoms with Crippen molar-refractivity contribution in [1.82, 2.24) is 15.1 Å². The number of amides is 2. The monoisotopic (exact) mass is 339 g/mol. The summed E-state index contributed by atoms with van der Waals surface area (Å²) in [6.45, 7) is 4.44. The molecule has 2 aromatic rings. The van der Waals surface area contributed by atoms with E-state index < -0.39 is 0 Å². The quantitative estimate of drug-likeness (QED) is 0.903. The maximum Gasteiger partial charge on any atom is 0.267 e. The lowest BCUT2D eigenvalue weighted by atomic mass is 10.1. The van der Waals surface area contributed by atoms with Crippen LogP contribution in [-0.4, -0.2) is 33.3 Å². The Morgan fingerprint density at radius 3 is 2.88 bits per heavy atom. The van der Waals surface area contributed by atoms with Crippen molar-refractivity contribution in [3.8, 4) is 0 Å². The molecule has 1 N–H and O–H groups in total. The van der Waals surface area contributed by atoms with Gasteiger partial charge in [-0.3, -0.25) is 14.3 Å². The topological polar surface area (TPSA) is 79.6 Å². The predicted octanol–water partition coefficient (Wildman–Crippen LogP) is 1.88. The molecule has 0 aliphatic carbocycles. The van der Waals surface area contributed by atoms with Gasteiger partial charge >= 0.3 is 0 Å². The maximum atomic E-state index is 12.5. The Hall–Kier alpha value is -2.96. The van der Waals surface area contributed by atoms with Crippen LogP contribution in [-0.2, 0) is 16.1 Å². The molecule has 1 aromatic carbocycles. The van der Waals surface area contributed by atoms with E-state index in [1.54, 1.807) is 10.9 Å². The van der Waals surface area contributed by atoms with Crippen LogP contribution in [0.3, 0.4) is 0 Å². The molecule has 0 saturated heterocycles. The molecule has 0 fully saturated rings. The Labute approximate surface area is 146 Å². The van der Waals surface area contributed by atoms with E-state index in [1.807, 2.05) is 50.4 Å². The van der Waals surface area contributed by atoms with E-state index in [0.29, 0.717) is 24.4 Å². The summed E-state index contributed by atoms with van der Waals surface area (Å²) in [6, 6.07) is 9.25. The molecular weight excluding hydrogens is 318 g/mol. The average molecular weight is 339 g/mol. The fourth-order valence-corrected chi connectivity index (χ4v) is 2.72. The predicted molar refractivity (Wildman–Crippen MR) is 95.2 cm³/mol. The minimum atomic E-state index is -0.246. The van der Waals surface area contributed by atoms with E-state index in [4.69, 9.17) is 0 Å². The zero-order valence-corrected chi connectivity index (χ0v) is 14.3. The molecule has 1 aliphatic heterocycles. The molecule has 1 aromatic heterocycles. The van der Waals surface area contributed by atoms with Crippen LogP contribution in [0.1, 0.15) is 25.3 Å². The molecule has 7 nitrogen and oxygen atoms in total. The zero-order valence-electron chi connectivity index (χ0n) is 14.3. The van der Waals surface area contributed by atoms with Crippen molar-refractivity contribution < 1.29 is 9.59 Å². The minimum Gasteiger partial charge on any atom is -0.347 e. The molecule has 0 spiro atoms. The molecule has 1 aliphatic rings. The number of hydrazone groups is 1. The number of hydrogen-bond acceptors (Lipinski definition) is 4. The van der Waals surface area contributed by atoms with Crippen LogP contribution < -0.4 is 10.3 Å². The van der Waals surface area contributed by atoms with Gasteiger partial charge in [0.15, 0.2) is 0 Å². The Morgan fingerprint density at radius 2 is 2.16 bits per heavy atom. The first-order chi connectivity index (χ1) is 12.0. The van der Waals surface area contributed by atoms with Crippen molar-refractivity contribution in [2.75, 3.05) is 5.01 Å². The molecule has 0 unspecified atom stereocenters. The van der Waals surface area contributed by atoms with Crippen molar-refractivity contribution in [2.45, 2.75) is 39.3 Å². The third-order valence-electron chi connectivity index (χ3n) is 3.94. The summed E-state index contributed by atoms with van der Waals surface area (Å²) in [6.07, 6.45) is 4.17. The highest BCUT2D eigenvalue weighted by atomic mass is 16.2. The number of aromatic nitrogens is 2. The summed E-state index contributed by atoms with van der Waals surface area (Å²) >= 11 is 0. The fourth-order valence-electron chi connectivity index (χ4n) is 2.72. The molecule has 130 valence electrons. The molecule has 1 atom stereocenters. The Balaban J connectivity index is 1.71. The van der Waals surface area contributed by atoms with E-state index in [9.17, 15) is 9.59 Å². The van der Waals surface area contributed by atoms with Crippen LogP contribution in [0.25, 0.3) is 0 Å². The molecule has 0 saturated carbocycles. The first-order valence-corrected chi connectivity index (χ1v) is 8.28. The number of carbonyl (C=O) groups is 2. The second-order valence-electron chi connectivity index (χ2n) is 6.19. The summed E-state index contributed by atoms with van der Waals surface area (Å²) in [5, 5.41) is 12.7. The third-order valence-corrected chi connectivity index (χ3v) is 3.94. The first kappa shape index (κ1) is 16.9. The smallest absolute Gasteiger partial charge is 0.267 e. The largest absolute Gasteiger partial charge is 0.347 e. The normalized spacial score (nSPS) is 15.7. The second kappa shape index (κ2) is 7.29. The highest BCUT2D eigenvalue weighted by Crippen LogP contribution is 2.21. The van der Waals surface area contributed by atoms with Gasteiger partial charge in [0.25, 0.3) is 5.91 Å². The van der Waals surface area contributed by atoms with Gasteiger partial charge in [0.1, 0.15) is 5.71 Å². The SMILES string of the molecule is Cc1cccc(N2N=C(C(=O)N[C@H](C)Cn3cccn3)CCC2=O)c1. The maximum absolute atomic E-state index is 12.5. The van der Waals surface area contributed by atoms with Gasteiger partial charge in [-0.1, -0.05) is 12.1 Å². The third kappa shape index (κ3) is 4.12. The zero-order chi connectivity index (χ0) is 17.8. The van der Waals surface area contributed by atoms with Crippen molar-refractivity contribution in [2.24, 2.45) is 5.10 Å². The van der Waals surface area contributed by atoms with Gasteiger partial charge in [0.05, 0.1) is 12.2 Å². The Bertz CT molecular complexity index is 798. The van der Waals surface area contributed by atoms with Crippen molar-refractivity contribution >= 4 is 23.2 Å². The van der Waals surface area contributed by atoms with Crippen LogP contribution in [0.15, 0.2) is 47.8 Å². The Morgan fingerprint density at radius 1 is 1.32 bits per heavy atom. The van der Waals surface area contributed by atoms with Crippen molar-refractivity contribution in [3.63, 3.8) is 0 Å². The number of carbonyl (C=O) groups excluding carboxylic acids is 2. The van der Waals surface area contributed by atoms with Crippen LogP contribution in [0, 0.1) is 6.92 Å². The van der Waals surface area contributed by atoms with E-state index in [0.717, 1.165) is 5.56 Å². The summed E-state index contributed by atoms with van der Waals surface area (Å²) in [5.41, 5.74) is 2.08. The Kier molecular flexibility index (Phi) is 4.92. The number of rotatable bonds is 5. The van der Waals surface area contributed by atoms with Crippen molar-refractivity contribution in [3.05, 3.63) is 48.3 Å². The molecule has 0 bridgehead atoms. The molecular formula is C18H21N5O2. The van der Waals surface area contributed by atoms with Gasteiger partial charge in [-0.2, -0.15) is 10.2 Å². The van der Waals surface area contributed by atoms with Crippen LogP contribution in [0.5, 0.6) is 0 Å². The van der Waals surface area contributed by atoms with E-state index in [2.05, 4.69) is 15.5 Å². The first-order valence-electron chi connectivity index (χ1n) is 8.28. The van der Waals surface area contributed by atoms with Gasteiger partial charge in [-0.15, -0.1) is 0 Å². The van der Waals surface area contributed by atoms with Gasteiger partial charge in [-0.05, 0) is 37.6 Å². The summed E-state index contributed by atoms with van der Waals surface area (Å²) < 4.78 is 1.76. The van der Waals surface area contributed by atoms with Gasteiger partial charge in [0, 0.05) is 31.3 Å². The number of anilines is 1. The van der Waals surface area contributed by atoms with Crippen LogP contribution >= 0.6 is 0 Å². The molecule has 7 heteroatoms. The summed E-state index contributed by atoms with van der Waals surface area (Å²) in [7, 11) is 0. The van der Waals surface area contributed by atoms with Crippen LogP contribution in [0.2, 0.25) is 0 Å². The lowest BCUT2D eigenvalue weighted by molar-refractivity contribution is -0.119. The lowest BCUT2D eigenvalue weighted by Gasteiger charge is -2.24. The summed E-state index contributed by atoms with van der Waals surface area (Å²) in [5.74, 6) is -0.350. The number of benzene rings is 1. The molecule has 0 radical (unpaired) electrons. The van der Waals surface area contributed by atoms with Gasteiger partial charge in [0.2, 0.25) is 5.91 Å². The summed E-state index contributed by atoms with van der Waals surface area (Å²) in [4.78, 5) is 24.7. The number of nitrogens with zero attached hydrogens (tertiary/aromatic N) is 4. The van der Waals surface area contributed by atoms with E-state index in [1.165, 1.54) is 5.01 Å². The number of hydrogen-bond donors (Lipinski definition) is 1. The average Bonchev–Trinajstić information content (AvgIpc) is 3.08. The van der Waals surface area contributed by atoms with Crippen molar-refractivity contribution in [1.29, 1.82) is 0 Å².